The molecule has 106 valence electrons. The van der Waals surface area contributed by atoms with E-state index in [0.29, 0.717) is 18.5 Å². The summed E-state index contributed by atoms with van der Waals surface area (Å²) < 4.78 is 1.81. The number of nitrogens with two attached hydrogens (primary N) is 1. The van der Waals surface area contributed by atoms with Crippen molar-refractivity contribution < 1.29 is 0 Å². The van der Waals surface area contributed by atoms with Crippen molar-refractivity contribution in [2.75, 3.05) is 0 Å². The lowest BCUT2D eigenvalue weighted by molar-refractivity contribution is 0.410. The predicted octanol–water partition coefficient (Wildman–Crippen LogP) is 0.970. The normalized spacial score (nSPS) is 17.5. The second-order valence-electron chi connectivity index (χ2n) is 5.20. The van der Waals surface area contributed by atoms with Crippen LogP contribution in [0.4, 0.5) is 0 Å². The highest BCUT2D eigenvalue weighted by molar-refractivity contribution is 5.79. The zero-order chi connectivity index (χ0) is 13.7. The highest BCUT2D eigenvalue weighted by Gasteiger charge is 2.14. The van der Waals surface area contributed by atoms with Gasteiger partial charge in [0.15, 0.2) is 0 Å². The first kappa shape index (κ1) is 13.9. The van der Waals surface area contributed by atoms with Crippen LogP contribution >= 0.6 is 0 Å². The van der Waals surface area contributed by atoms with E-state index >= 15 is 0 Å². The summed E-state index contributed by atoms with van der Waals surface area (Å²) in [5.74, 6) is 6.21. The van der Waals surface area contributed by atoms with Crippen molar-refractivity contribution in [3.05, 3.63) is 17.5 Å². The third-order valence-corrected chi connectivity index (χ3v) is 3.61. The molecule has 0 atom stereocenters. The monoisotopic (exact) mass is 264 g/mol. The van der Waals surface area contributed by atoms with Crippen molar-refractivity contribution in [3.63, 3.8) is 0 Å². The third kappa shape index (κ3) is 3.96. The van der Waals surface area contributed by atoms with Crippen LogP contribution in [0.25, 0.3) is 0 Å². The maximum atomic E-state index is 5.53. The van der Waals surface area contributed by atoms with Gasteiger partial charge in [-0.2, -0.15) is 5.10 Å². The van der Waals surface area contributed by atoms with Crippen LogP contribution in [-0.4, -0.2) is 21.8 Å². The Bertz CT molecular complexity index is 430. The van der Waals surface area contributed by atoms with Crippen LogP contribution in [0.3, 0.4) is 0 Å². The first-order chi connectivity index (χ1) is 9.19. The minimum Gasteiger partial charge on any atom is -0.353 e. The van der Waals surface area contributed by atoms with Gasteiger partial charge in [-0.1, -0.05) is 19.3 Å². The van der Waals surface area contributed by atoms with E-state index < -0.39 is 0 Å². The fourth-order valence-electron chi connectivity index (χ4n) is 2.54. The van der Waals surface area contributed by atoms with E-state index in [2.05, 4.69) is 20.8 Å². The summed E-state index contributed by atoms with van der Waals surface area (Å²) in [7, 11) is 1.92. The number of nitrogens with one attached hydrogen (secondary N) is 2. The average Bonchev–Trinajstić information content (AvgIpc) is 2.74. The maximum absolute atomic E-state index is 5.53. The van der Waals surface area contributed by atoms with Gasteiger partial charge >= 0.3 is 0 Å². The number of aryl methyl sites for hydroxylation is 2. The molecule has 1 heterocycles. The smallest absolute Gasteiger partial charge is 0.206 e. The van der Waals surface area contributed by atoms with Crippen LogP contribution in [0, 0.1) is 6.92 Å². The van der Waals surface area contributed by atoms with Crippen molar-refractivity contribution in [1.29, 1.82) is 0 Å². The molecule has 19 heavy (non-hydrogen) atoms. The summed E-state index contributed by atoms with van der Waals surface area (Å²) in [4.78, 5) is 4.50. The van der Waals surface area contributed by atoms with Gasteiger partial charge in [-0.05, 0) is 19.8 Å². The molecule has 0 spiro atoms. The number of rotatable bonds is 3. The molecular formula is C13H24N6. The molecule has 0 aromatic carbocycles. The molecule has 4 N–H and O–H groups in total. The Labute approximate surface area is 114 Å². The van der Waals surface area contributed by atoms with Gasteiger partial charge in [-0.25, -0.2) is 10.8 Å². The predicted molar refractivity (Wildman–Crippen MR) is 76.4 cm³/mol. The van der Waals surface area contributed by atoms with E-state index in [1.54, 1.807) is 0 Å². The van der Waals surface area contributed by atoms with Gasteiger partial charge in [-0.3, -0.25) is 10.1 Å². The molecule has 1 aromatic heterocycles. The Morgan fingerprint density at radius 1 is 1.47 bits per heavy atom. The first-order valence-electron chi connectivity index (χ1n) is 6.95. The van der Waals surface area contributed by atoms with Crippen LogP contribution in [-0.2, 0) is 13.6 Å². The Morgan fingerprint density at radius 3 is 2.79 bits per heavy atom. The lowest BCUT2D eigenvalue weighted by atomic mass is 9.96. The summed E-state index contributed by atoms with van der Waals surface area (Å²) in [5, 5.41) is 7.69. The molecule has 1 aromatic rings. The summed E-state index contributed by atoms with van der Waals surface area (Å²) in [6, 6.07) is 0.499. The Morgan fingerprint density at radius 2 is 2.21 bits per heavy atom. The zero-order valence-electron chi connectivity index (χ0n) is 11.8. The number of aliphatic imine (C=N–C) groups is 1. The van der Waals surface area contributed by atoms with Crippen molar-refractivity contribution >= 4 is 5.96 Å². The molecular weight excluding hydrogens is 240 g/mol. The molecule has 2 rings (SSSR count). The van der Waals surface area contributed by atoms with Gasteiger partial charge in [0.25, 0.3) is 0 Å². The van der Waals surface area contributed by atoms with Crippen molar-refractivity contribution in [3.8, 4) is 0 Å². The number of hydrogen-bond acceptors (Lipinski definition) is 3. The standard InChI is InChI=1S/C13H24N6/c1-10-11(9-19(2)18-10)8-15-13(17-14)16-12-6-4-3-5-7-12/h9,12H,3-8,14H2,1-2H3,(H2,15,16,17). The van der Waals surface area contributed by atoms with E-state index in [9.17, 15) is 0 Å². The molecule has 1 aliphatic carbocycles. The van der Waals surface area contributed by atoms with E-state index in [4.69, 9.17) is 5.84 Å². The van der Waals surface area contributed by atoms with Gasteiger partial charge in [0.05, 0.1) is 12.2 Å². The molecule has 0 bridgehead atoms. The lowest BCUT2D eigenvalue weighted by Crippen LogP contribution is -2.47. The number of guanidine groups is 1. The Balaban J connectivity index is 1.92. The van der Waals surface area contributed by atoms with Crippen LogP contribution in [0.2, 0.25) is 0 Å². The van der Waals surface area contributed by atoms with Crippen molar-refractivity contribution in [2.24, 2.45) is 17.9 Å². The van der Waals surface area contributed by atoms with Gasteiger partial charge in [0.1, 0.15) is 0 Å². The lowest BCUT2D eigenvalue weighted by Gasteiger charge is -2.24. The number of aromatic nitrogens is 2. The Hall–Kier alpha value is -1.56. The number of hydrazine groups is 1. The minimum atomic E-state index is 0.499. The molecule has 6 nitrogen and oxygen atoms in total. The summed E-state index contributed by atoms with van der Waals surface area (Å²) in [5.41, 5.74) is 4.80. The van der Waals surface area contributed by atoms with E-state index in [1.165, 1.54) is 32.1 Å². The van der Waals surface area contributed by atoms with Crippen LogP contribution in [0.15, 0.2) is 11.2 Å². The Kier molecular flexibility index (Phi) is 4.79. The van der Waals surface area contributed by atoms with Crippen LogP contribution in [0.5, 0.6) is 0 Å². The van der Waals surface area contributed by atoms with Gasteiger partial charge < -0.3 is 5.32 Å². The second-order valence-corrected chi connectivity index (χ2v) is 5.20. The molecule has 6 heteroatoms. The molecule has 1 fully saturated rings. The summed E-state index contributed by atoms with van der Waals surface area (Å²) in [6.07, 6.45) is 8.32. The summed E-state index contributed by atoms with van der Waals surface area (Å²) >= 11 is 0. The zero-order valence-corrected chi connectivity index (χ0v) is 11.8. The van der Waals surface area contributed by atoms with Gasteiger partial charge in [-0.15, -0.1) is 0 Å². The van der Waals surface area contributed by atoms with E-state index in [-0.39, 0.29) is 0 Å². The highest BCUT2D eigenvalue weighted by Crippen LogP contribution is 2.17. The fraction of sp³-hybridized carbons (Fsp3) is 0.692. The average molecular weight is 264 g/mol. The number of nitrogens with zero attached hydrogens (tertiary/aromatic N) is 3. The quantitative estimate of drug-likeness (QED) is 0.329. The van der Waals surface area contributed by atoms with E-state index in [0.717, 1.165) is 11.3 Å². The minimum absolute atomic E-state index is 0.499. The van der Waals surface area contributed by atoms with Gasteiger partial charge in [0.2, 0.25) is 5.96 Å². The van der Waals surface area contributed by atoms with Gasteiger partial charge in [0, 0.05) is 24.8 Å². The molecule has 1 aliphatic rings. The van der Waals surface area contributed by atoms with Crippen LogP contribution in [0.1, 0.15) is 43.4 Å². The topological polar surface area (TPSA) is 80.3 Å². The third-order valence-electron chi connectivity index (χ3n) is 3.61. The first-order valence-corrected chi connectivity index (χ1v) is 6.95. The highest BCUT2D eigenvalue weighted by atomic mass is 15.3. The molecule has 0 aliphatic heterocycles. The second kappa shape index (κ2) is 6.56. The molecule has 0 radical (unpaired) electrons. The SMILES string of the molecule is Cc1nn(C)cc1CN=C(NN)NC1CCCCC1. The van der Waals surface area contributed by atoms with E-state index in [1.807, 2.05) is 24.9 Å². The number of hydrogen-bond donors (Lipinski definition) is 3. The maximum Gasteiger partial charge on any atom is 0.206 e. The molecule has 1 saturated carbocycles. The summed E-state index contributed by atoms with van der Waals surface area (Å²) in [6.45, 7) is 2.59. The molecule has 0 saturated heterocycles. The van der Waals surface area contributed by atoms with Crippen molar-refractivity contribution in [1.82, 2.24) is 20.5 Å². The molecule has 0 unspecified atom stereocenters. The van der Waals surface area contributed by atoms with Crippen molar-refractivity contribution in [2.45, 2.75) is 51.6 Å². The fourth-order valence-corrected chi connectivity index (χ4v) is 2.54. The largest absolute Gasteiger partial charge is 0.353 e. The van der Waals surface area contributed by atoms with Crippen LogP contribution < -0.4 is 16.6 Å². The molecule has 0 amide bonds.